The SMILES string of the molecule is O=C1CN(Cc2cc(C(=O)O)co2)CCN1. The van der Waals surface area contributed by atoms with Gasteiger partial charge in [-0.25, -0.2) is 4.79 Å². The molecule has 0 aromatic carbocycles. The largest absolute Gasteiger partial charge is 0.478 e. The number of carbonyl (C=O) groups is 2. The minimum atomic E-state index is -1.01. The van der Waals surface area contributed by atoms with Crippen molar-refractivity contribution in [3.05, 3.63) is 23.7 Å². The third-order valence-electron chi connectivity index (χ3n) is 2.40. The molecule has 0 unspecified atom stereocenters. The van der Waals surface area contributed by atoms with E-state index in [0.717, 1.165) is 6.54 Å². The highest BCUT2D eigenvalue weighted by atomic mass is 16.4. The molecule has 6 heteroatoms. The van der Waals surface area contributed by atoms with Gasteiger partial charge in [0, 0.05) is 13.1 Å². The Bertz CT molecular complexity index is 413. The molecule has 1 amide bonds. The summed E-state index contributed by atoms with van der Waals surface area (Å²) in [6.07, 6.45) is 1.21. The summed E-state index contributed by atoms with van der Waals surface area (Å²) in [7, 11) is 0. The normalized spacial score (nSPS) is 17.1. The number of nitrogens with zero attached hydrogens (tertiary/aromatic N) is 1. The molecule has 0 aliphatic carbocycles. The zero-order chi connectivity index (χ0) is 11.5. The van der Waals surface area contributed by atoms with E-state index < -0.39 is 5.97 Å². The van der Waals surface area contributed by atoms with Crippen molar-refractivity contribution >= 4 is 11.9 Å². The molecule has 2 rings (SSSR count). The predicted molar refractivity (Wildman–Crippen MR) is 54.0 cm³/mol. The Labute approximate surface area is 91.8 Å². The Morgan fingerprint density at radius 2 is 2.44 bits per heavy atom. The molecule has 1 aromatic rings. The van der Waals surface area contributed by atoms with Crippen LogP contribution in [0.1, 0.15) is 16.1 Å². The molecule has 1 saturated heterocycles. The average Bonchev–Trinajstić information content (AvgIpc) is 2.66. The van der Waals surface area contributed by atoms with E-state index in [0.29, 0.717) is 25.4 Å². The number of hydrogen-bond acceptors (Lipinski definition) is 4. The van der Waals surface area contributed by atoms with E-state index in [1.807, 2.05) is 4.90 Å². The van der Waals surface area contributed by atoms with E-state index in [9.17, 15) is 9.59 Å². The molecule has 16 heavy (non-hydrogen) atoms. The number of carboxylic acid groups (broad SMARTS) is 1. The van der Waals surface area contributed by atoms with Gasteiger partial charge in [-0.3, -0.25) is 9.69 Å². The fourth-order valence-electron chi connectivity index (χ4n) is 1.62. The number of aromatic carboxylic acids is 1. The molecule has 0 spiro atoms. The highest BCUT2D eigenvalue weighted by Gasteiger charge is 2.18. The smallest absolute Gasteiger partial charge is 0.338 e. The highest BCUT2D eigenvalue weighted by molar-refractivity contribution is 5.87. The first-order valence-corrected chi connectivity index (χ1v) is 4.95. The molecular formula is C10H12N2O4. The maximum absolute atomic E-state index is 11.1. The fourth-order valence-corrected chi connectivity index (χ4v) is 1.62. The van der Waals surface area contributed by atoms with Crippen LogP contribution in [0.3, 0.4) is 0 Å². The van der Waals surface area contributed by atoms with Gasteiger partial charge in [0.1, 0.15) is 12.0 Å². The molecule has 1 aliphatic rings. The third-order valence-corrected chi connectivity index (χ3v) is 2.40. The second-order valence-electron chi connectivity index (χ2n) is 3.67. The molecule has 2 heterocycles. The number of carboxylic acids is 1. The summed E-state index contributed by atoms with van der Waals surface area (Å²) >= 11 is 0. The van der Waals surface area contributed by atoms with Crippen molar-refractivity contribution in [1.29, 1.82) is 0 Å². The Morgan fingerprint density at radius 3 is 3.06 bits per heavy atom. The van der Waals surface area contributed by atoms with Gasteiger partial charge in [-0.05, 0) is 6.07 Å². The topological polar surface area (TPSA) is 82.8 Å². The minimum absolute atomic E-state index is 0.0173. The van der Waals surface area contributed by atoms with Gasteiger partial charge in [-0.1, -0.05) is 0 Å². The summed E-state index contributed by atoms with van der Waals surface area (Å²) in [5.74, 6) is -0.463. The second-order valence-corrected chi connectivity index (χ2v) is 3.67. The van der Waals surface area contributed by atoms with Crippen LogP contribution >= 0.6 is 0 Å². The number of nitrogens with one attached hydrogen (secondary N) is 1. The van der Waals surface area contributed by atoms with Crippen LogP contribution in [0.5, 0.6) is 0 Å². The van der Waals surface area contributed by atoms with Gasteiger partial charge in [0.15, 0.2) is 0 Å². The molecule has 0 saturated carbocycles. The number of piperazine rings is 1. The van der Waals surface area contributed by atoms with Gasteiger partial charge in [-0.15, -0.1) is 0 Å². The Balaban J connectivity index is 1.97. The molecule has 1 fully saturated rings. The van der Waals surface area contributed by atoms with Crippen LogP contribution < -0.4 is 5.32 Å². The first kappa shape index (κ1) is 10.7. The summed E-state index contributed by atoms with van der Waals surface area (Å²) in [6.45, 7) is 2.14. The summed E-state index contributed by atoms with van der Waals surface area (Å²) < 4.78 is 5.11. The molecule has 0 atom stereocenters. The van der Waals surface area contributed by atoms with Crippen LogP contribution in [-0.4, -0.2) is 41.5 Å². The van der Waals surface area contributed by atoms with E-state index in [1.165, 1.54) is 12.3 Å². The predicted octanol–water partition coefficient (Wildman–Crippen LogP) is -0.0904. The van der Waals surface area contributed by atoms with Crippen LogP contribution in [0.2, 0.25) is 0 Å². The maximum atomic E-state index is 11.1. The number of amides is 1. The number of hydrogen-bond donors (Lipinski definition) is 2. The number of rotatable bonds is 3. The molecular weight excluding hydrogens is 212 g/mol. The molecule has 2 N–H and O–H groups in total. The zero-order valence-electron chi connectivity index (χ0n) is 8.60. The first-order chi connectivity index (χ1) is 7.65. The molecule has 1 aliphatic heterocycles. The van der Waals surface area contributed by atoms with Crippen molar-refractivity contribution in [2.45, 2.75) is 6.54 Å². The van der Waals surface area contributed by atoms with Crippen molar-refractivity contribution in [2.75, 3.05) is 19.6 Å². The summed E-state index contributed by atoms with van der Waals surface area (Å²) in [6, 6.07) is 1.48. The van der Waals surface area contributed by atoms with Gasteiger partial charge >= 0.3 is 5.97 Å². The molecule has 1 aromatic heterocycles. The lowest BCUT2D eigenvalue weighted by molar-refractivity contribution is -0.124. The van der Waals surface area contributed by atoms with Crippen molar-refractivity contribution in [3.8, 4) is 0 Å². The van der Waals surface area contributed by atoms with Crippen molar-refractivity contribution in [1.82, 2.24) is 10.2 Å². The summed E-state index contributed by atoms with van der Waals surface area (Å²) in [5.41, 5.74) is 0.136. The van der Waals surface area contributed by atoms with E-state index in [2.05, 4.69) is 5.32 Å². The van der Waals surface area contributed by atoms with Crippen LogP contribution in [-0.2, 0) is 11.3 Å². The highest BCUT2D eigenvalue weighted by Crippen LogP contribution is 2.11. The van der Waals surface area contributed by atoms with E-state index in [1.54, 1.807) is 0 Å². The maximum Gasteiger partial charge on any atom is 0.338 e. The van der Waals surface area contributed by atoms with Crippen LogP contribution in [0.4, 0.5) is 0 Å². The first-order valence-electron chi connectivity index (χ1n) is 4.95. The molecule has 0 bridgehead atoms. The van der Waals surface area contributed by atoms with Crippen LogP contribution in [0.15, 0.2) is 16.7 Å². The van der Waals surface area contributed by atoms with Gasteiger partial charge in [-0.2, -0.15) is 0 Å². The standard InChI is InChI=1S/C10H12N2O4/c13-9-5-12(2-1-11-9)4-8-3-7(6-16-8)10(14)15/h3,6H,1-2,4-5H2,(H,11,13)(H,14,15). The fraction of sp³-hybridized carbons (Fsp3) is 0.400. The van der Waals surface area contributed by atoms with Crippen LogP contribution in [0.25, 0.3) is 0 Å². The Morgan fingerprint density at radius 1 is 1.62 bits per heavy atom. The van der Waals surface area contributed by atoms with Gasteiger partial charge in [0.05, 0.1) is 18.7 Å². The number of furan rings is 1. The third kappa shape index (κ3) is 2.40. The van der Waals surface area contributed by atoms with E-state index in [4.69, 9.17) is 9.52 Å². The minimum Gasteiger partial charge on any atom is -0.478 e. The summed E-state index contributed by atoms with van der Waals surface area (Å²) in [4.78, 5) is 23.6. The monoisotopic (exact) mass is 224 g/mol. The van der Waals surface area contributed by atoms with Crippen molar-refractivity contribution in [2.24, 2.45) is 0 Å². The second kappa shape index (κ2) is 4.36. The summed E-state index contributed by atoms with van der Waals surface area (Å²) in [5, 5.41) is 11.4. The average molecular weight is 224 g/mol. The lowest BCUT2D eigenvalue weighted by Crippen LogP contribution is -2.47. The quantitative estimate of drug-likeness (QED) is 0.749. The van der Waals surface area contributed by atoms with Gasteiger partial charge < -0.3 is 14.8 Å². The van der Waals surface area contributed by atoms with Crippen molar-refractivity contribution < 1.29 is 19.1 Å². The van der Waals surface area contributed by atoms with Gasteiger partial charge in [0.2, 0.25) is 5.91 Å². The molecule has 6 nitrogen and oxygen atoms in total. The zero-order valence-corrected chi connectivity index (χ0v) is 8.60. The van der Waals surface area contributed by atoms with Crippen LogP contribution in [0, 0.1) is 0 Å². The lowest BCUT2D eigenvalue weighted by Gasteiger charge is -2.25. The van der Waals surface area contributed by atoms with E-state index in [-0.39, 0.29) is 11.5 Å². The molecule has 0 radical (unpaired) electrons. The Hall–Kier alpha value is -1.82. The number of carbonyl (C=O) groups excluding carboxylic acids is 1. The van der Waals surface area contributed by atoms with E-state index >= 15 is 0 Å². The molecule has 86 valence electrons. The van der Waals surface area contributed by atoms with Crippen molar-refractivity contribution in [3.63, 3.8) is 0 Å². The lowest BCUT2D eigenvalue weighted by atomic mass is 10.3. The Kier molecular flexibility index (Phi) is 2.91. The van der Waals surface area contributed by atoms with Gasteiger partial charge in [0.25, 0.3) is 0 Å².